The fourth-order valence-corrected chi connectivity index (χ4v) is 3.33. The minimum absolute atomic E-state index is 0.646. The lowest BCUT2D eigenvalue weighted by molar-refractivity contribution is 0.0744. The lowest BCUT2D eigenvalue weighted by atomic mass is 9.93. The predicted octanol–water partition coefficient (Wildman–Crippen LogP) is 3.13. The molecule has 2 rings (SSSR count). The highest BCUT2D eigenvalue weighted by Gasteiger charge is 2.42. The van der Waals surface area contributed by atoms with Gasteiger partial charge in [-0.3, -0.25) is 4.90 Å². The fourth-order valence-electron chi connectivity index (χ4n) is 3.33. The van der Waals surface area contributed by atoms with Gasteiger partial charge in [-0.05, 0) is 36.5 Å². The molecule has 2 atom stereocenters. The molecule has 1 heterocycles. The van der Waals surface area contributed by atoms with E-state index in [2.05, 4.69) is 44.8 Å². The zero-order chi connectivity index (χ0) is 13.3. The van der Waals surface area contributed by atoms with Gasteiger partial charge in [0, 0.05) is 31.7 Å². The van der Waals surface area contributed by atoms with Crippen molar-refractivity contribution < 1.29 is 0 Å². The van der Waals surface area contributed by atoms with Gasteiger partial charge in [0.25, 0.3) is 0 Å². The van der Waals surface area contributed by atoms with Crippen LogP contribution in [0.3, 0.4) is 0 Å². The molecule has 0 aromatic carbocycles. The number of nitrogens with one attached hydrogen (secondary N) is 1. The van der Waals surface area contributed by atoms with Crippen molar-refractivity contribution in [2.45, 2.75) is 66.0 Å². The molecule has 2 nitrogen and oxygen atoms in total. The molecule has 2 aliphatic rings. The maximum absolute atomic E-state index is 3.78. The van der Waals surface area contributed by atoms with Crippen LogP contribution in [0, 0.1) is 17.3 Å². The first kappa shape index (κ1) is 14.3. The third-order valence-electron chi connectivity index (χ3n) is 4.75. The van der Waals surface area contributed by atoms with E-state index in [1.54, 1.807) is 0 Å². The number of hydrogen-bond donors (Lipinski definition) is 1. The van der Waals surface area contributed by atoms with Crippen molar-refractivity contribution in [2.24, 2.45) is 17.3 Å². The molecule has 2 fully saturated rings. The average molecular weight is 252 g/mol. The summed E-state index contributed by atoms with van der Waals surface area (Å²) in [7, 11) is 0. The number of nitrogens with zero attached hydrogens (tertiary/aromatic N) is 1. The van der Waals surface area contributed by atoms with Gasteiger partial charge in [0.15, 0.2) is 0 Å². The molecule has 2 heteroatoms. The van der Waals surface area contributed by atoms with E-state index < -0.39 is 0 Å². The van der Waals surface area contributed by atoms with Crippen LogP contribution in [-0.2, 0) is 0 Å². The van der Waals surface area contributed by atoms with E-state index in [0.29, 0.717) is 11.5 Å². The largest absolute Gasteiger partial charge is 0.311 e. The summed E-state index contributed by atoms with van der Waals surface area (Å²) in [5.41, 5.74) is 0.646. The van der Waals surface area contributed by atoms with Crippen LogP contribution in [-0.4, -0.2) is 36.6 Å². The van der Waals surface area contributed by atoms with E-state index in [1.807, 2.05) is 0 Å². The van der Waals surface area contributed by atoms with E-state index in [9.17, 15) is 0 Å². The standard InChI is InChI=1S/C16H32N2/c1-12(2)8-14-10-18(11-16(5)6-7-16)15(9-17-14)13(3)4/h12-15,17H,6-11H2,1-5H3. The Bertz CT molecular complexity index is 268. The monoisotopic (exact) mass is 252 g/mol. The number of hydrogen-bond acceptors (Lipinski definition) is 2. The van der Waals surface area contributed by atoms with Crippen molar-refractivity contribution in [3.8, 4) is 0 Å². The summed E-state index contributed by atoms with van der Waals surface area (Å²) >= 11 is 0. The molecule has 1 aliphatic heterocycles. The Hall–Kier alpha value is -0.0800. The third kappa shape index (κ3) is 3.71. The van der Waals surface area contributed by atoms with Gasteiger partial charge in [0.05, 0.1) is 0 Å². The van der Waals surface area contributed by atoms with Crippen LogP contribution >= 0.6 is 0 Å². The van der Waals surface area contributed by atoms with E-state index in [0.717, 1.165) is 17.9 Å². The molecule has 0 spiro atoms. The van der Waals surface area contributed by atoms with Crippen molar-refractivity contribution in [1.82, 2.24) is 10.2 Å². The Morgan fingerprint density at radius 3 is 2.39 bits per heavy atom. The van der Waals surface area contributed by atoms with Crippen molar-refractivity contribution in [3.05, 3.63) is 0 Å². The molecule has 1 aliphatic carbocycles. The second-order valence-electron chi connectivity index (χ2n) is 7.79. The van der Waals surface area contributed by atoms with Crippen LogP contribution in [0.25, 0.3) is 0 Å². The van der Waals surface area contributed by atoms with Crippen LogP contribution in [0.1, 0.15) is 53.9 Å². The van der Waals surface area contributed by atoms with Gasteiger partial charge >= 0.3 is 0 Å². The summed E-state index contributed by atoms with van der Waals surface area (Å²) in [5.74, 6) is 1.57. The highest BCUT2D eigenvalue weighted by Crippen LogP contribution is 2.46. The average Bonchev–Trinajstić information content (AvgIpc) is 2.94. The molecule has 1 N–H and O–H groups in total. The van der Waals surface area contributed by atoms with Crippen LogP contribution in [0.2, 0.25) is 0 Å². The van der Waals surface area contributed by atoms with Crippen molar-refractivity contribution in [1.29, 1.82) is 0 Å². The van der Waals surface area contributed by atoms with Gasteiger partial charge in [0.2, 0.25) is 0 Å². The summed E-state index contributed by atoms with van der Waals surface area (Å²) in [6, 6.07) is 1.45. The highest BCUT2D eigenvalue weighted by molar-refractivity contribution is 4.96. The Labute approximate surface area is 114 Å². The maximum Gasteiger partial charge on any atom is 0.0244 e. The lowest BCUT2D eigenvalue weighted by Gasteiger charge is -2.44. The van der Waals surface area contributed by atoms with E-state index >= 15 is 0 Å². The Balaban J connectivity index is 1.94. The summed E-state index contributed by atoms with van der Waals surface area (Å²) < 4.78 is 0. The minimum Gasteiger partial charge on any atom is -0.311 e. The lowest BCUT2D eigenvalue weighted by Crippen LogP contribution is -2.59. The molecule has 2 unspecified atom stereocenters. The normalized spacial score (nSPS) is 32.2. The maximum atomic E-state index is 3.78. The summed E-state index contributed by atoms with van der Waals surface area (Å²) in [6.45, 7) is 15.7. The predicted molar refractivity (Wildman–Crippen MR) is 78.8 cm³/mol. The Morgan fingerprint density at radius 2 is 1.89 bits per heavy atom. The van der Waals surface area contributed by atoms with E-state index in [1.165, 1.54) is 38.9 Å². The summed E-state index contributed by atoms with van der Waals surface area (Å²) in [4.78, 5) is 2.79. The molecule has 0 bridgehead atoms. The Morgan fingerprint density at radius 1 is 1.22 bits per heavy atom. The van der Waals surface area contributed by atoms with Crippen LogP contribution in [0.15, 0.2) is 0 Å². The van der Waals surface area contributed by atoms with Crippen molar-refractivity contribution in [3.63, 3.8) is 0 Å². The second-order valence-corrected chi connectivity index (χ2v) is 7.79. The van der Waals surface area contributed by atoms with Gasteiger partial charge in [0.1, 0.15) is 0 Å². The quantitative estimate of drug-likeness (QED) is 0.809. The second kappa shape index (κ2) is 5.50. The molecular formula is C16H32N2. The summed E-state index contributed by atoms with van der Waals surface area (Å²) in [5, 5.41) is 3.78. The Kier molecular flexibility index (Phi) is 4.38. The number of piperazine rings is 1. The molecule has 0 amide bonds. The van der Waals surface area contributed by atoms with Gasteiger partial charge in [-0.2, -0.15) is 0 Å². The molecule has 0 radical (unpaired) electrons. The zero-order valence-corrected chi connectivity index (χ0v) is 13.0. The van der Waals surface area contributed by atoms with Crippen LogP contribution in [0.5, 0.6) is 0 Å². The SMILES string of the molecule is CC(C)CC1CN(CC2(C)CC2)C(C(C)C)CN1. The highest BCUT2D eigenvalue weighted by atomic mass is 15.2. The number of rotatable bonds is 5. The molecule has 106 valence electrons. The smallest absolute Gasteiger partial charge is 0.0244 e. The van der Waals surface area contributed by atoms with Crippen LogP contribution in [0.4, 0.5) is 0 Å². The first-order chi connectivity index (χ1) is 8.39. The van der Waals surface area contributed by atoms with Crippen LogP contribution < -0.4 is 5.32 Å². The topological polar surface area (TPSA) is 15.3 Å². The summed E-state index contributed by atoms with van der Waals surface area (Å²) in [6.07, 6.45) is 4.20. The van der Waals surface area contributed by atoms with Crippen molar-refractivity contribution in [2.75, 3.05) is 19.6 Å². The third-order valence-corrected chi connectivity index (χ3v) is 4.75. The first-order valence-corrected chi connectivity index (χ1v) is 7.87. The van der Waals surface area contributed by atoms with Gasteiger partial charge in [-0.15, -0.1) is 0 Å². The molecule has 0 aromatic rings. The molecule has 1 saturated carbocycles. The molecule has 18 heavy (non-hydrogen) atoms. The first-order valence-electron chi connectivity index (χ1n) is 7.87. The van der Waals surface area contributed by atoms with Crippen molar-refractivity contribution >= 4 is 0 Å². The van der Waals surface area contributed by atoms with Gasteiger partial charge < -0.3 is 5.32 Å². The molecule has 1 saturated heterocycles. The van der Waals surface area contributed by atoms with Gasteiger partial charge in [-0.25, -0.2) is 0 Å². The molecular weight excluding hydrogens is 220 g/mol. The zero-order valence-electron chi connectivity index (χ0n) is 13.0. The van der Waals surface area contributed by atoms with Gasteiger partial charge in [-0.1, -0.05) is 34.6 Å². The van der Waals surface area contributed by atoms with E-state index in [-0.39, 0.29) is 0 Å². The fraction of sp³-hybridized carbons (Fsp3) is 1.00. The minimum atomic E-state index is 0.646. The van der Waals surface area contributed by atoms with E-state index in [4.69, 9.17) is 0 Å². The molecule has 0 aromatic heterocycles.